The van der Waals surface area contributed by atoms with Gasteiger partial charge in [-0.25, -0.2) is 14.8 Å². The Morgan fingerprint density at radius 1 is 1.56 bits per heavy atom. The number of nitrogens with one attached hydrogen (secondary N) is 1. The van der Waals surface area contributed by atoms with Crippen LogP contribution in [-0.2, 0) is 4.79 Å². The molecule has 1 aromatic rings. The molecular weight excluding hydrogens is 280 g/mol. The lowest BCUT2D eigenvalue weighted by molar-refractivity contribution is -0.140. The normalized spacial score (nSPS) is 14.7. The largest absolute Gasteiger partial charge is 0.479 e. The van der Waals surface area contributed by atoms with E-state index in [-0.39, 0.29) is 11.0 Å². The average Bonchev–Trinajstić information content (AvgIpc) is 2.28. The molecule has 0 spiro atoms. The van der Waals surface area contributed by atoms with Crippen molar-refractivity contribution < 1.29 is 9.90 Å². The first kappa shape index (κ1) is 14.7. The molecule has 18 heavy (non-hydrogen) atoms. The second kappa shape index (κ2) is 5.07. The van der Waals surface area contributed by atoms with Crippen LogP contribution in [0.15, 0.2) is 17.6 Å². The molecule has 1 unspecified atom stereocenters. The van der Waals surface area contributed by atoms with Crippen molar-refractivity contribution in [3.05, 3.63) is 22.5 Å². The summed E-state index contributed by atoms with van der Waals surface area (Å²) in [6, 6.07) is 1.32. The van der Waals surface area contributed by atoms with Crippen LogP contribution in [0.2, 0.25) is 5.15 Å². The third-order valence-corrected chi connectivity index (χ3v) is 3.42. The lowest BCUT2D eigenvalue weighted by Crippen LogP contribution is -2.56. The van der Waals surface area contributed by atoms with Crippen LogP contribution in [0, 0.1) is 4.91 Å². The van der Waals surface area contributed by atoms with E-state index in [0.717, 1.165) is 6.33 Å². The summed E-state index contributed by atoms with van der Waals surface area (Å²) in [5.74, 6) is -1.23. The summed E-state index contributed by atoms with van der Waals surface area (Å²) >= 11 is 9.66. The van der Waals surface area contributed by atoms with Crippen LogP contribution in [0.25, 0.3) is 0 Å². The van der Waals surface area contributed by atoms with Crippen molar-refractivity contribution in [2.75, 3.05) is 5.32 Å². The number of carbonyl (C=O) groups is 1. The first-order valence-electron chi connectivity index (χ1n) is 4.79. The summed E-state index contributed by atoms with van der Waals surface area (Å²) in [5.41, 5.74) is -1.51. The lowest BCUT2D eigenvalue weighted by atomic mass is 9.94. The number of aliphatic carboxylic acids is 1. The highest BCUT2D eigenvalue weighted by atomic mass is 35.5. The van der Waals surface area contributed by atoms with Crippen molar-refractivity contribution in [3.8, 4) is 0 Å². The van der Waals surface area contributed by atoms with Crippen molar-refractivity contribution in [2.45, 2.75) is 24.3 Å². The molecule has 0 fully saturated rings. The molecule has 0 aliphatic carbocycles. The van der Waals surface area contributed by atoms with E-state index in [0.29, 0.717) is 0 Å². The van der Waals surface area contributed by atoms with Gasteiger partial charge in [-0.05, 0) is 13.8 Å². The van der Waals surface area contributed by atoms with Crippen LogP contribution in [0.5, 0.6) is 0 Å². The van der Waals surface area contributed by atoms with Gasteiger partial charge in [0.25, 0.3) is 0 Å². The van der Waals surface area contributed by atoms with Gasteiger partial charge in [0, 0.05) is 6.07 Å². The van der Waals surface area contributed by atoms with Crippen molar-refractivity contribution >= 4 is 36.0 Å². The molecule has 1 atom stereocenters. The number of halogens is 1. The predicted molar refractivity (Wildman–Crippen MR) is 69.9 cm³/mol. The van der Waals surface area contributed by atoms with E-state index in [1.165, 1.54) is 19.9 Å². The Morgan fingerprint density at radius 2 is 2.17 bits per heavy atom. The van der Waals surface area contributed by atoms with Gasteiger partial charge in [-0.1, -0.05) is 16.8 Å². The molecule has 0 aliphatic rings. The number of thiol groups is 1. The van der Waals surface area contributed by atoms with Gasteiger partial charge in [0.2, 0.25) is 4.87 Å². The average molecular weight is 291 g/mol. The van der Waals surface area contributed by atoms with Gasteiger partial charge in [-0.15, -0.1) is 12.6 Å². The molecule has 0 bridgehead atoms. The van der Waals surface area contributed by atoms with Crippen LogP contribution in [0.3, 0.4) is 0 Å². The molecule has 0 aliphatic heterocycles. The molecule has 7 nitrogen and oxygen atoms in total. The third-order valence-electron chi connectivity index (χ3n) is 2.37. The van der Waals surface area contributed by atoms with Crippen molar-refractivity contribution in [2.24, 2.45) is 5.18 Å². The fraction of sp³-hybridized carbons (Fsp3) is 0.444. The topological polar surface area (TPSA) is 105 Å². The van der Waals surface area contributed by atoms with E-state index in [1.807, 2.05) is 0 Å². The molecule has 98 valence electrons. The number of hydrogen-bond donors (Lipinski definition) is 3. The Labute approximate surface area is 113 Å². The standard InChI is InChI=1S/C9H11ClN4O3S/c1-8(2,14-17)9(18,7(15)16)13-6-3-5(10)11-4-12-6/h3-4,18H,1-2H3,(H,15,16)(H,11,12,13). The highest BCUT2D eigenvalue weighted by Gasteiger charge is 2.51. The van der Waals surface area contributed by atoms with Gasteiger partial charge in [-0.3, -0.25) is 0 Å². The third kappa shape index (κ3) is 2.70. The molecule has 9 heteroatoms. The van der Waals surface area contributed by atoms with E-state index < -0.39 is 16.4 Å². The monoisotopic (exact) mass is 290 g/mol. The second-order valence-electron chi connectivity index (χ2n) is 4.02. The second-order valence-corrected chi connectivity index (χ2v) is 5.07. The minimum Gasteiger partial charge on any atom is -0.479 e. The molecule has 0 saturated carbocycles. The molecule has 1 rings (SSSR count). The van der Waals surface area contributed by atoms with Crippen LogP contribution in [0.1, 0.15) is 13.8 Å². The minimum atomic E-state index is -1.92. The zero-order valence-corrected chi connectivity index (χ0v) is 11.2. The molecular formula is C9H11ClN4O3S. The van der Waals surface area contributed by atoms with Gasteiger partial charge in [0.05, 0.1) is 0 Å². The Balaban J connectivity index is 3.16. The highest BCUT2D eigenvalue weighted by Crippen LogP contribution is 2.33. The predicted octanol–water partition coefficient (Wildman–Crippen LogP) is 1.80. The molecule has 0 saturated heterocycles. The number of rotatable bonds is 5. The number of anilines is 1. The summed E-state index contributed by atoms with van der Waals surface area (Å²) < 4.78 is 0. The fourth-order valence-corrected chi connectivity index (χ4v) is 1.42. The van der Waals surface area contributed by atoms with Crippen LogP contribution < -0.4 is 5.32 Å². The zero-order chi connectivity index (χ0) is 14.0. The number of nitrogens with zero attached hydrogens (tertiary/aromatic N) is 3. The molecule has 0 amide bonds. The molecule has 1 heterocycles. The first-order valence-corrected chi connectivity index (χ1v) is 5.61. The summed E-state index contributed by atoms with van der Waals surface area (Å²) in [7, 11) is 0. The van der Waals surface area contributed by atoms with E-state index in [4.69, 9.17) is 11.6 Å². The maximum absolute atomic E-state index is 11.3. The van der Waals surface area contributed by atoms with Crippen LogP contribution in [0.4, 0.5) is 5.82 Å². The van der Waals surface area contributed by atoms with Crippen LogP contribution in [-0.4, -0.2) is 31.5 Å². The Morgan fingerprint density at radius 3 is 2.61 bits per heavy atom. The number of hydrogen-bond acceptors (Lipinski definition) is 7. The molecule has 2 N–H and O–H groups in total. The first-order chi connectivity index (χ1) is 8.23. The van der Waals surface area contributed by atoms with Gasteiger partial charge in [-0.2, -0.15) is 4.91 Å². The minimum absolute atomic E-state index is 0.129. The number of nitroso groups, excluding NO2 is 1. The molecule has 0 radical (unpaired) electrons. The lowest BCUT2D eigenvalue weighted by Gasteiger charge is -2.34. The number of aromatic nitrogens is 2. The SMILES string of the molecule is CC(C)(N=O)C(S)(Nc1cc(Cl)ncn1)C(=O)O. The highest BCUT2D eigenvalue weighted by molar-refractivity contribution is 7.83. The van der Waals surface area contributed by atoms with E-state index >= 15 is 0 Å². The summed E-state index contributed by atoms with van der Waals surface area (Å²) in [6.07, 6.45) is 1.15. The van der Waals surface area contributed by atoms with E-state index in [2.05, 4.69) is 33.1 Å². The van der Waals surface area contributed by atoms with E-state index in [1.54, 1.807) is 0 Å². The van der Waals surface area contributed by atoms with Crippen molar-refractivity contribution in [1.29, 1.82) is 0 Å². The fourth-order valence-electron chi connectivity index (χ4n) is 1.12. The smallest absolute Gasteiger partial charge is 0.342 e. The Kier molecular flexibility index (Phi) is 4.12. The van der Waals surface area contributed by atoms with Gasteiger partial charge in [0.15, 0.2) is 0 Å². The maximum Gasteiger partial charge on any atom is 0.342 e. The summed E-state index contributed by atoms with van der Waals surface area (Å²) in [6.45, 7) is 2.69. The molecule has 0 aromatic carbocycles. The Bertz CT molecular complexity index is 485. The molecule has 1 aromatic heterocycles. The summed E-state index contributed by atoms with van der Waals surface area (Å²) in [4.78, 5) is 27.6. The van der Waals surface area contributed by atoms with Gasteiger partial charge >= 0.3 is 5.97 Å². The number of carboxylic acids is 1. The Hall–Kier alpha value is -1.41. The van der Waals surface area contributed by atoms with Crippen molar-refractivity contribution in [1.82, 2.24) is 9.97 Å². The maximum atomic E-state index is 11.3. The van der Waals surface area contributed by atoms with Crippen molar-refractivity contribution in [3.63, 3.8) is 0 Å². The van der Waals surface area contributed by atoms with Crippen LogP contribution >= 0.6 is 24.2 Å². The van der Waals surface area contributed by atoms with E-state index in [9.17, 15) is 14.8 Å². The zero-order valence-electron chi connectivity index (χ0n) is 9.59. The quantitative estimate of drug-likeness (QED) is 0.330. The van der Waals surface area contributed by atoms with Gasteiger partial charge < -0.3 is 10.4 Å². The van der Waals surface area contributed by atoms with Gasteiger partial charge in [0.1, 0.15) is 22.8 Å². The number of carboxylic acid groups (broad SMARTS) is 1. The summed E-state index contributed by atoms with van der Waals surface area (Å²) in [5, 5.41) is 14.7.